The number of methoxy groups -OCH3 is 3. The molecule has 0 atom stereocenters. The van der Waals surface area contributed by atoms with Crippen LogP contribution in [0.1, 0.15) is 5.82 Å². The van der Waals surface area contributed by atoms with Gasteiger partial charge >= 0.3 is 0 Å². The van der Waals surface area contributed by atoms with Crippen LogP contribution < -0.4 is 14.5 Å². The number of ether oxygens (including phenoxy) is 3. The lowest BCUT2D eigenvalue weighted by molar-refractivity contribution is 0.190. The van der Waals surface area contributed by atoms with Crippen LogP contribution in [0.25, 0.3) is 16.9 Å². The summed E-state index contributed by atoms with van der Waals surface area (Å²) in [7, 11) is 8.92. The number of aromatic nitrogens is 5. The van der Waals surface area contributed by atoms with E-state index in [1.165, 1.54) is 0 Å². The van der Waals surface area contributed by atoms with Gasteiger partial charge in [0.05, 0.1) is 26.0 Å². The first kappa shape index (κ1) is 23.2. The Kier molecular flexibility index (Phi) is 7.63. The zero-order valence-corrected chi connectivity index (χ0v) is 20.3. The smallest absolute Gasteiger partial charge is 0.189 e. The zero-order valence-electron chi connectivity index (χ0n) is 18.7. The van der Waals surface area contributed by atoms with Crippen molar-refractivity contribution in [2.45, 2.75) is 6.92 Å². The molecular weight excluding hydrogens is 466 g/mol. The number of halogens is 1. The molecule has 0 bridgehead atoms. The number of hydrogen-bond donors (Lipinski definition) is 0. The number of nitrogens with zero attached hydrogens (tertiary/aromatic N) is 7. The summed E-state index contributed by atoms with van der Waals surface area (Å²) in [6.45, 7) is 4.26. The summed E-state index contributed by atoms with van der Waals surface area (Å²) >= 11 is 3.67. The van der Waals surface area contributed by atoms with Gasteiger partial charge in [0.15, 0.2) is 17.0 Å². The Labute approximate surface area is 190 Å². The van der Waals surface area contributed by atoms with Crippen LogP contribution in [0.15, 0.2) is 16.6 Å². The molecule has 1 aromatic carbocycles. The van der Waals surface area contributed by atoms with Crippen molar-refractivity contribution in [3.05, 3.63) is 22.4 Å². The Bertz CT molecular complexity index is 1030. The third-order valence-corrected chi connectivity index (χ3v) is 5.37. The number of hydrogen-bond acceptors (Lipinski definition) is 9. The highest BCUT2D eigenvalue weighted by molar-refractivity contribution is 9.10. The first-order valence-electron chi connectivity index (χ1n) is 9.79. The molecule has 0 spiro atoms. The van der Waals surface area contributed by atoms with Crippen molar-refractivity contribution in [2.75, 3.05) is 71.5 Å². The lowest BCUT2D eigenvalue weighted by Crippen LogP contribution is -2.32. The van der Waals surface area contributed by atoms with Crippen molar-refractivity contribution < 1.29 is 14.2 Å². The molecule has 3 aromatic rings. The van der Waals surface area contributed by atoms with Crippen molar-refractivity contribution in [1.29, 1.82) is 0 Å². The van der Waals surface area contributed by atoms with Gasteiger partial charge in [0.25, 0.3) is 0 Å². The molecule has 0 saturated carbocycles. The molecule has 0 saturated heterocycles. The van der Waals surface area contributed by atoms with Crippen molar-refractivity contribution in [3.8, 4) is 11.4 Å². The number of aryl methyl sites for hydroxylation is 1. The SMILES string of the molecule is COCCN(CCOC)c1nc(C)nc2c1nnn2-c1c(Br)cc(OC)cc1N(C)C. The van der Waals surface area contributed by atoms with Gasteiger partial charge in [-0.1, -0.05) is 5.21 Å². The number of anilines is 2. The standard InChI is InChI=1S/C20H28BrN7O3/c1-13-22-19(27(7-9-29-4)8-10-30-5)17-20(23-13)28(25-24-17)18-15(21)11-14(31-6)12-16(18)26(2)3/h11-12H,7-10H2,1-6H3. The largest absolute Gasteiger partial charge is 0.497 e. The van der Waals surface area contributed by atoms with E-state index in [1.807, 2.05) is 38.1 Å². The van der Waals surface area contributed by atoms with Crippen molar-refractivity contribution in [3.63, 3.8) is 0 Å². The summed E-state index contributed by atoms with van der Waals surface area (Å²) < 4.78 is 18.5. The molecule has 10 nitrogen and oxygen atoms in total. The van der Waals surface area contributed by atoms with E-state index in [9.17, 15) is 0 Å². The van der Waals surface area contributed by atoms with Gasteiger partial charge in [0.2, 0.25) is 0 Å². The Morgan fingerprint density at radius 3 is 2.29 bits per heavy atom. The minimum atomic E-state index is 0.553. The summed E-state index contributed by atoms with van der Waals surface area (Å²) in [5.74, 6) is 2.07. The lowest BCUT2D eigenvalue weighted by Gasteiger charge is -2.23. The van der Waals surface area contributed by atoms with E-state index in [0.717, 1.165) is 21.6 Å². The molecule has 3 rings (SSSR count). The van der Waals surface area contributed by atoms with Crippen LogP contribution in [-0.4, -0.2) is 86.7 Å². The van der Waals surface area contributed by atoms with Crippen LogP contribution in [0.5, 0.6) is 5.75 Å². The van der Waals surface area contributed by atoms with E-state index in [0.29, 0.717) is 49.1 Å². The number of fused-ring (bicyclic) bond motifs is 1. The van der Waals surface area contributed by atoms with Crippen molar-refractivity contribution >= 4 is 38.6 Å². The summed E-state index contributed by atoms with van der Waals surface area (Å²) in [6, 6.07) is 3.85. The predicted octanol–water partition coefficient (Wildman–Crippen LogP) is 2.46. The van der Waals surface area contributed by atoms with Crippen LogP contribution in [0.4, 0.5) is 11.5 Å². The van der Waals surface area contributed by atoms with E-state index in [4.69, 9.17) is 14.2 Å². The third kappa shape index (κ3) is 4.89. The highest BCUT2D eigenvalue weighted by Crippen LogP contribution is 2.36. The van der Waals surface area contributed by atoms with Crippen LogP contribution in [0.3, 0.4) is 0 Å². The monoisotopic (exact) mass is 493 g/mol. The van der Waals surface area contributed by atoms with Gasteiger partial charge in [0, 0.05) is 51.9 Å². The van der Waals surface area contributed by atoms with E-state index in [1.54, 1.807) is 26.0 Å². The molecule has 0 amide bonds. The molecule has 0 aliphatic carbocycles. The van der Waals surface area contributed by atoms with Gasteiger partial charge in [-0.3, -0.25) is 0 Å². The number of benzene rings is 1. The van der Waals surface area contributed by atoms with Crippen LogP contribution in [0, 0.1) is 6.92 Å². The van der Waals surface area contributed by atoms with Gasteiger partial charge < -0.3 is 24.0 Å². The van der Waals surface area contributed by atoms with E-state index in [2.05, 4.69) is 41.1 Å². The molecule has 0 radical (unpaired) electrons. The molecule has 0 aliphatic heterocycles. The molecular formula is C20H28BrN7O3. The average Bonchev–Trinajstić information content (AvgIpc) is 3.16. The highest BCUT2D eigenvalue weighted by Gasteiger charge is 2.23. The molecule has 0 unspecified atom stereocenters. The molecule has 168 valence electrons. The maximum Gasteiger partial charge on any atom is 0.189 e. The van der Waals surface area contributed by atoms with Crippen LogP contribution in [-0.2, 0) is 9.47 Å². The summed E-state index contributed by atoms with van der Waals surface area (Å²) in [5.41, 5.74) is 2.96. The Balaban J connectivity index is 2.20. The Morgan fingerprint density at radius 2 is 1.71 bits per heavy atom. The van der Waals surface area contributed by atoms with Crippen LogP contribution >= 0.6 is 15.9 Å². The number of rotatable bonds is 10. The highest BCUT2D eigenvalue weighted by atomic mass is 79.9. The molecule has 2 aromatic heterocycles. The second-order valence-corrected chi connectivity index (χ2v) is 7.97. The second-order valence-electron chi connectivity index (χ2n) is 7.11. The van der Waals surface area contributed by atoms with Gasteiger partial charge in [0.1, 0.15) is 17.3 Å². The van der Waals surface area contributed by atoms with E-state index < -0.39 is 0 Å². The fourth-order valence-electron chi connectivity index (χ4n) is 3.23. The quantitative estimate of drug-likeness (QED) is 0.422. The average molecular weight is 494 g/mol. The lowest BCUT2D eigenvalue weighted by atomic mass is 10.2. The van der Waals surface area contributed by atoms with Gasteiger partial charge in [-0.2, -0.15) is 4.68 Å². The topological polar surface area (TPSA) is 90.7 Å². The summed E-state index contributed by atoms with van der Waals surface area (Å²) in [4.78, 5) is 13.4. The minimum absolute atomic E-state index is 0.553. The molecule has 31 heavy (non-hydrogen) atoms. The maximum atomic E-state index is 5.43. The van der Waals surface area contributed by atoms with Gasteiger partial charge in [-0.25, -0.2) is 9.97 Å². The summed E-state index contributed by atoms with van der Waals surface area (Å²) in [6.07, 6.45) is 0. The molecule has 0 N–H and O–H groups in total. The Hall–Kier alpha value is -2.50. The minimum Gasteiger partial charge on any atom is -0.497 e. The maximum absolute atomic E-state index is 5.43. The van der Waals surface area contributed by atoms with Crippen molar-refractivity contribution in [1.82, 2.24) is 25.0 Å². The van der Waals surface area contributed by atoms with Crippen molar-refractivity contribution in [2.24, 2.45) is 0 Å². The fraction of sp³-hybridized carbons (Fsp3) is 0.500. The van der Waals surface area contributed by atoms with Crippen LogP contribution in [0.2, 0.25) is 0 Å². The predicted molar refractivity (Wildman–Crippen MR) is 124 cm³/mol. The van der Waals surface area contributed by atoms with Gasteiger partial charge in [-0.05, 0) is 28.9 Å². The second kappa shape index (κ2) is 10.2. The Morgan fingerprint density at radius 1 is 1.03 bits per heavy atom. The molecule has 2 heterocycles. The van der Waals surface area contributed by atoms with E-state index >= 15 is 0 Å². The molecule has 11 heteroatoms. The normalized spacial score (nSPS) is 11.2. The fourth-order valence-corrected chi connectivity index (χ4v) is 3.83. The zero-order chi connectivity index (χ0) is 22.5. The summed E-state index contributed by atoms with van der Waals surface area (Å²) in [5, 5.41) is 8.90. The van der Waals surface area contributed by atoms with Gasteiger partial charge in [-0.15, -0.1) is 5.10 Å². The molecule has 0 fully saturated rings. The first-order valence-corrected chi connectivity index (χ1v) is 10.6. The first-order chi connectivity index (χ1) is 14.9. The third-order valence-electron chi connectivity index (χ3n) is 4.77. The van der Waals surface area contributed by atoms with E-state index in [-0.39, 0.29) is 0 Å². The molecule has 0 aliphatic rings.